The summed E-state index contributed by atoms with van der Waals surface area (Å²) in [6, 6.07) is 17.7. The molecule has 0 aliphatic heterocycles. The van der Waals surface area contributed by atoms with Crippen molar-refractivity contribution in [3.8, 4) is 11.8 Å². The summed E-state index contributed by atoms with van der Waals surface area (Å²) in [6.45, 7) is -0.440. The number of sulfonamides is 1. The fourth-order valence-electron chi connectivity index (χ4n) is 4.41. The number of hydrogen-bond acceptors (Lipinski definition) is 9. The number of nitriles is 1. The van der Waals surface area contributed by atoms with E-state index in [2.05, 4.69) is 10.6 Å². The molecule has 4 rings (SSSR count). The van der Waals surface area contributed by atoms with Gasteiger partial charge in [-0.15, -0.1) is 0 Å². The quantitative estimate of drug-likeness (QED) is 0.206. The van der Waals surface area contributed by atoms with Gasteiger partial charge in [0.15, 0.2) is 5.75 Å². The van der Waals surface area contributed by atoms with Crippen LogP contribution in [0.2, 0.25) is 0 Å². The lowest BCUT2D eigenvalue weighted by molar-refractivity contribution is -0.145. The number of carbonyl (C=O) groups is 1. The summed E-state index contributed by atoms with van der Waals surface area (Å²) in [6.07, 6.45) is 3.49. The summed E-state index contributed by atoms with van der Waals surface area (Å²) in [5.41, 5.74) is 1.27. The molecule has 40 heavy (non-hydrogen) atoms. The number of nitrogens with one attached hydrogen (secondary N) is 2. The molecule has 0 spiro atoms. The van der Waals surface area contributed by atoms with Crippen molar-refractivity contribution < 1.29 is 32.3 Å². The Balaban J connectivity index is 1.57. The first-order valence-electron chi connectivity index (χ1n) is 13.0. The fourth-order valence-corrected chi connectivity index (χ4v) is 5.76. The van der Waals surface area contributed by atoms with Crippen LogP contribution in [0.4, 0.5) is 10.5 Å². The third-order valence-electron chi connectivity index (χ3n) is 6.45. The van der Waals surface area contributed by atoms with Gasteiger partial charge in [0.2, 0.25) is 0 Å². The lowest BCUT2D eigenvalue weighted by atomic mass is 10.0. The average Bonchev–Trinajstić information content (AvgIpc) is 3.66. The molecule has 1 fully saturated rings. The molecule has 0 saturated heterocycles. The summed E-state index contributed by atoms with van der Waals surface area (Å²) >= 11 is 0. The van der Waals surface area contributed by atoms with Crippen LogP contribution in [-0.4, -0.2) is 55.4 Å². The molecule has 1 heterocycles. The van der Waals surface area contributed by atoms with Gasteiger partial charge >= 0.3 is 6.09 Å². The van der Waals surface area contributed by atoms with Crippen molar-refractivity contribution in [2.75, 3.05) is 18.4 Å². The van der Waals surface area contributed by atoms with Crippen LogP contribution >= 0.6 is 0 Å². The SMILES string of the molecule is N#CCNc1cccc(S(=O)(=O)N(C[C@H](O)[C@H](Cc2ccccc2)NC(=O)Oc2ccoc2)OC2CCCC2)c1. The Hall–Kier alpha value is -3.89. The minimum atomic E-state index is -4.24. The Kier molecular flexibility index (Phi) is 10.2. The smallest absolute Gasteiger partial charge is 0.413 e. The first-order valence-corrected chi connectivity index (χ1v) is 14.4. The molecule has 2 aromatic carbocycles. The van der Waals surface area contributed by atoms with E-state index in [1.807, 2.05) is 36.4 Å². The van der Waals surface area contributed by atoms with E-state index in [0.717, 1.165) is 22.9 Å². The van der Waals surface area contributed by atoms with Gasteiger partial charge in [0.1, 0.15) is 12.8 Å². The zero-order chi connectivity index (χ0) is 28.4. The zero-order valence-electron chi connectivity index (χ0n) is 21.8. The van der Waals surface area contributed by atoms with E-state index in [0.29, 0.717) is 18.5 Å². The van der Waals surface area contributed by atoms with Gasteiger partial charge in [-0.1, -0.05) is 53.7 Å². The Morgan fingerprint density at radius 3 is 2.62 bits per heavy atom. The number of amides is 1. The van der Waals surface area contributed by atoms with Gasteiger partial charge in [-0.25, -0.2) is 13.2 Å². The molecule has 0 bridgehead atoms. The molecular weight excluding hydrogens is 536 g/mol. The highest BCUT2D eigenvalue weighted by Gasteiger charge is 2.34. The standard InChI is InChI=1S/C28H32N4O7S/c29-14-15-30-22-9-6-12-25(18-22)40(35,36)32(39-23-10-4-5-11-23)19-27(33)26(17-21-7-2-1-3-8-21)31-28(34)38-24-13-16-37-20-24/h1-3,6-9,12-13,16,18,20,23,26-27,30,33H,4-5,10-11,15,17,19H2,(H,31,34)/t26-,27-/m0/s1. The first-order chi connectivity index (χ1) is 19.3. The van der Waals surface area contributed by atoms with E-state index in [1.165, 1.54) is 30.7 Å². The van der Waals surface area contributed by atoms with Crippen LogP contribution in [-0.2, 0) is 21.3 Å². The lowest BCUT2D eigenvalue weighted by Gasteiger charge is -2.30. The summed E-state index contributed by atoms with van der Waals surface area (Å²) in [4.78, 5) is 18.5. The second-order valence-electron chi connectivity index (χ2n) is 9.40. The van der Waals surface area contributed by atoms with Gasteiger partial charge < -0.3 is 24.9 Å². The number of rotatable bonds is 13. The molecule has 12 heteroatoms. The number of furan rings is 1. The number of aliphatic hydroxyl groups excluding tert-OH is 1. The Bertz CT molecular complexity index is 1370. The fraction of sp³-hybridized carbons (Fsp3) is 0.357. The Morgan fingerprint density at radius 2 is 1.93 bits per heavy atom. The minimum absolute atomic E-state index is 0.00621. The number of hydrogen-bond donors (Lipinski definition) is 3. The van der Waals surface area contributed by atoms with Crippen LogP contribution in [0, 0.1) is 11.3 Å². The van der Waals surface area contributed by atoms with Gasteiger partial charge in [0.05, 0.1) is 42.0 Å². The number of benzene rings is 2. The van der Waals surface area contributed by atoms with Gasteiger partial charge in [-0.2, -0.15) is 5.26 Å². The topological polar surface area (TPSA) is 154 Å². The van der Waals surface area contributed by atoms with Crippen molar-refractivity contribution in [2.45, 2.75) is 55.2 Å². The van der Waals surface area contributed by atoms with E-state index in [4.69, 9.17) is 19.3 Å². The third-order valence-corrected chi connectivity index (χ3v) is 8.07. The van der Waals surface area contributed by atoms with Crippen LogP contribution in [0.15, 0.2) is 82.5 Å². The van der Waals surface area contributed by atoms with Crippen LogP contribution in [0.25, 0.3) is 0 Å². The second-order valence-corrected chi connectivity index (χ2v) is 11.2. The molecule has 3 aromatic rings. The molecule has 1 aliphatic rings. The van der Waals surface area contributed by atoms with E-state index in [9.17, 15) is 18.3 Å². The van der Waals surface area contributed by atoms with Crippen molar-refractivity contribution in [2.24, 2.45) is 0 Å². The maximum atomic E-state index is 13.8. The average molecular weight is 569 g/mol. The molecule has 0 unspecified atom stereocenters. The molecule has 1 amide bonds. The van der Waals surface area contributed by atoms with Crippen molar-refractivity contribution in [3.63, 3.8) is 0 Å². The Morgan fingerprint density at radius 1 is 1.15 bits per heavy atom. The molecule has 0 radical (unpaired) electrons. The number of aliphatic hydroxyl groups is 1. The first kappa shape index (κ1) is 29.1. The largest absolute Gasteiger partial charge is 0.469 e. The van der Waals surface area contributed by atoms with Gasteiger partial charge in [0.25, 0.3) is 10.0 Å². The van der Waals surface area contributed by atoms with Crippen molar-refractivity contribution in [1.29, 1.82) is 5.26 Å². The van der Waals surface area contributed by atoms with Crippen molar-refractivity contribution >= 4 is 21.8 Å². The molecule has 1 aromatic heterocycles. The van der Waals surface area contributed by atoms with Crippen molar-refractivity contribution in [3.05, 3.63) is 78.8 Å². The number of nitrogens with zero attached hydrogens (tertiary/aromatic N) is 2. The van der Waals surface area contributed by atoms with E-state index < -0.39 is 34.8 Å². The van der Waals surface area contributed by atoms with E-state index in [1.54, 1.807) is 12.1 Å². The van der Waals surface area contributed by atoms with Crippen LogP contribution in [0.1, 0.15) is 31.2 Å². The summed E-state index contributed by atoms with van der Waals surface area (Å²) in [5, 5.41) is 25.7. The normalized spacial score (nSPS) is 15.3. The van der Waals surface area contributed by atoms with Crippen LogP contribution in [0.3, 0.4) is 0 Å². The zero-order valence-corrected chi connectivity index (χ0v) is 22.6. The maximum Gasteiger partial charge on any atom is 0.413 e. The van der Waals surface area contributed by atoms with Gasteiger partial charge in [-0.05, 0) is 43.0 Å². The number of ether oxygens (including phenoxy) is 1. The third kappa shape index (κ3) is 8.06. The predicted molar refractivity (Wildman–Crippen MR) is 146 cm³/mol. The molecule has 2 atom stereocenters. The molecule has 11 nitrogen and oxygen atoms in total. The number of anilines is 1. The van der Waals surface area contributed by atoms with E-state index in [-0.39, 0.29) is 29.7 Å². The maximum absolute atomic E-state index is 13.8. The summed E-state index contributed by atoms with van der Waals surface area (Å²) in [7, 11) is -4.24. The second kappa shape index (κ2) is 14.0. The number of hydroxylamine groups is 1. The van der Waals surface area contributed by atoms with Gasteiger partial charge in [-0.3, -0.25) is 4.84 Å². The van der Waals surface area contributed by atoms with Crippen LogP contribution in [0.5, 0.6) is 5.75 Å². The molecular formula is C28H32N4O7S. The molecule has 3 N–H and O–H groups in total. The number of carbonyl (C=O) groups excluding carboxylic acids is 1. The molecule has 1 aliphatic carbocycles. The van der Waals surface area contributed by atoms with Crippen LogP contribution < -0.4 is 15.4 Å². The summed E-state index contributed by atoms with van der Waals surface area (Å²) < 4.78 is 38.5. The van der Waals surface area contributed by atoms with E-state index >= 15 is 0 Å². The molecule has 212 valence electrons. The Labute approximate surface area is 233 Å². The highest BCUT2D eigenvalue weighted by Crippen LogP contribution is 2.27. The highest BCUT2D eigenvalue weighted by atomic mass is 32.2. The van der Waals surface area contributed by atoms with Crippen molar-refractivity contribution in [1.82, 2.24) is 9.79 Å². The monoisotopic (exact) mass is 568 g/mol. The minimum Gasteiger partial charge on any atom is -0.469 e. The lowest BCUT2D eigenvalue weighted by Crippen LogP contribution is -2.51. The highest BCUT2D eigenvalue weighted by molar-refractivity contribution is 7.89. The molecule has 1 saturated carbocycles. The predicted octanol–water partition coefficient (Wildman–Crippen LogP) is 3.84. The van der Waals surface area contributed by atoms with Gasteiger partial charge in [0, 0.05) is 11.8 Å². The summed E-state index contributed by atoms with van der Waals surface area (Å²) in [5.74, 6) is 0.184.